The number of benzene rings is 2. The zero-order chi connectivity index (χ0) is 12.4. The minimum Gasteiger partial charge on any atom is -0.397 e. The van der Waals surface area contributed by atoms with E-state index in [1.54, 1.807) is 6.07 Å². The Labute approximate surface area is 104 Å². The third-order valence-electron chi connectivity index (χ3n) is 2.55. The van der Waals surface area contributed by atoms with Crippen molar-refractivity contribution >= 4 is 28.4 Å². The molecular formula is C13H11N5. The van der Waals surface area contributed by atoms with Crippen molar-refractivity contribution in [2.45, 2.75) is 0 Å². The first-order valence-corrected chi connectivity index (χ1v) is 5.54. The van der Waals surface area contributed by atoms with Crippen LogP contribution < -0.4 is 11.1 Å². The third-order valence-corrected chi connectivity index (χ3v) is 2.55. The number of hydrogen-bond donors (Lipinski definition) is 2. The number of fused-ring (bicyclic) bond motifs is 1. The highest BCUT2D eigenvalue weighted by molar-refractivity contribution is 5.86. The number of anilines is 3. The molecule has 0 unspecified atom stereocenters. The van der Waals surface area contributed by atoms with Gasteiger partial charge in [-0.25, -0.2) is 4.98 Å². The second-order valence-electron chi connectivity index (χ2n) is 3.84. The van der Waals surface area contributed by atoms with Gasteiger partial charge in [-0.15, -0.1) is 10.2 Å². The summed E-state index contributed by atoms with van der Waals surface area (Å²) in [5, 5.41) is 11.2. The van der Waals surface area contributed by atoms with Crippen LogP contribution in [-0.4, -0.2) is 15.2 Å². The van der Waals surface area contributed by atoms with Gasteiger partial charge in [0.1, 0.15) is 11.0 Å². The summed E-state index contributed by atoms with van der Waals surface area (Å²) in [5.41, 5.74) is 8.71. The predicted molar refractivity (Wildman–Crippen MR) is 71.5 cm³/mol. The summed E-state index contributed by atoms with van der Waals surface area (Å²) in [4.78, 5) is 4.36. The van der Waals surface area contributed by atoms with Crippen LogP contribution in [0.5, 0.6) is 0 Å². The zero-order valence-electron chi connectivity index (χ0n) is 9.54. The summed E-state index contributed by atoms with van der Waals surface area (Å²) in [6.45, 7) is 0. The topological polar surface area (TPSA) is 76.7 Å². The van der Waals surface area contributed by atoms with Crippen LogP contribution >= 0.6 is 0 Å². The van der Waals surface area contributed by atoms with Gasteiger partial charge in [-0.1, -0.05) is 24.3 Å². The maximum atomic E-state index is 5.86. The number of aromatic nitrogens is 3. The van der Waals surface area contributed by atoms with Gasteiger partial charge in [-0.05, 0) is 24.3 Å². The van der Waals surface area contributed by atoms with Gasteiger partial charge in [0.15, 0.2) is 0 Å². The van der Waals surface area contributed by atoms with E-state index in [1.807, 2.05) is 42.5 Å². The number of hydrogen-bond acceptors (Lipinski definition) is 5. The molecule has 0 radical (unpaired) electrons. The third kappa shape index (κ3) is 1.93. The van der Waals surface area contributed by atoms with Gasteiger partial charge < -0.3 is 11.1 Å². The van der Waals surface area contributed by atoms with Crippen molar-refractivity contribution in [3.05, 3.63) is 48.5 Å². The van der Waals surface area contributed by atoms with Crippen molar-refractivity contribution in [1.29, 1.82) is 0 Å². The van der Waals surface area contributed by atoms with Crippen molar-refractivity contribution in [3.8, 4) is 0 Å². The predicted octanol–water partition coefficient (Wildman–Crippen LogP) is 2.35. The lowest BCUT2D eigenvalue weighted by molar-refractivity contribution is 1.03. The number of nitrogen functional groups attached to an aromatic ring is 1. The van der Waals surface area contributed by atoms with E-state index in [1.165, 1.54) is 0 Å². The van der Waals surface area contributed by atoms with Crippen molar-refractivity contribution in [1.82, 2.24) is 15.2 Å². The van der Waals surface area contributed by atoms with Crippen LogP contribution in [0.2, 0.25) is 0 Å². The molecule has 0 saturated heterocycles. The molecule has 0 saturated carbocycles. The number of rotatable bonds is 2. The maximum Gasteiger partial charge on any atom is 0.247 e. The molecule has 0 aliphatic rings. The molecule has 1 aromatic heterocycles. The first-order valence-electron chi connectivity index (χ1n) is 5.54. The Balaban J connectivity index is 2.01. The number of nitrogens with two attached hydrogens (primary N) is 1. The molecule has 5 heteroatoms. The largest absolute Gasteiger partial charge is 0.397 e. The van der Waals surface area contributed by atoms with E-state index in [0.29, 0.717) is 22.7 Å². The summed E-state index contributed by atoms with van der Waals surface area (Å²) < 4.78 is 0. The Hall–Kier alpha value is -2.69. The molecular weight excluding hydrogens is 226 g/mol. The second kappa shape index (κ2) is 4.29. The molecule has 5 nitrogen and oxygen atoms in total. The fraction of sp³-hybridized carbons (Fsp3) is 0. The smallest absolute Gasteiger partial charge is 0.247 e. The molecule has 88 valence electrons. The molecule has 3 rings (SSSR count). The minimum absolute atomic E-state index is 0.437. The first-order chi connectivity index (χ1) is 8.83. The Morgan fingerprint density at radius 1 is 0.889 bits per heavy atom. The highest BCUT2D eigenvalue weighted by Gasteiger charge is 2.04. The van der Waals surface area contributed by atoms with E-state index in [0.717, 1.165) is 5.69 Å². The average Bonchev–Trinajstić information content (AvgIpc) is 2.41. The molecule has 3 aromatic rings. The van der Waals surface area contributed by atoms with Crippen molar-refractivity contribution < 1.29 is 0 Å². The van der Waals surface area contributed by atoms with Gasteiger partial charge in [0, 0.05) is 5.69 Å². The van der Waals surface area contributed by atoms with Gasteiger partial charge in [0.25, 0.3) is 0 Å². The maximum absolute atomic E-state index is 5.86. The molecule has 0 fully saturated rings. The highest BCUT2D eigenvalue weighted by atomic mass is 15.2. The molecule has 3 N–H and O–H groups in total. The molecule has 18 heavy (non-hydrogen) atoms. The standard InChI is InChI=1S/C13H11N5/c14-10-7-4-8-11-12(10)16-13(18-17-11)15-9-5-2-1-3-6-9/h1-8H,14H2,(H,15,16,18). The van der Waals surface area contributed by atoms with E-state index in [2.05, 4.69) is 20.5 Å². The Kier molecular flexibility index (Phi) is 2.49. The lowest BCUT2D eigenvalue weighted by Gasteiger charge is -2.05. The van der Waals surface area contributed by atoms with Crippen molar-refractivity contribution in [3.63, 3.8) is 0 Å². The SMILES string of the molecule is Nc1cccc2nnc(Nc3ccccc3)nc12. The second-order valence-corrected chi connectivity index (χ2v) is 3.84. The lowest BCUT2D eigenvalue weighted by atomic mass is 10.3. The molecule has 2 aromatic carbocycles. The molecule has 0 spiro atoms. The summed E-state index contributed by atoms with van der Waals surface area (Å²) in [6, 6.07) is 15.1. The van der Waals surface area contributed by atoms with Gasteiger partial charge >= 0.3 is 0 Å². The molecule has 0 atom stereocenters. The fourth-order valence-corrected chi connectivity index (χ4v) is 1.68. The lowest BCUT2D eigenvalue weighted by Crippen LogP contribution is -2.01. The zero-order valence-corrected chi connectivity index (χ0v) is 9.54. The van der Waals surface area contributed by atoms with Gasteiger partial charge in [-0.2, -0.15) is 0 Å². The van der Waals surface area contributed by atoms with E-state index in [9.17, 15) is 0 Å². The Morgan fingerprint density at radius 2 is 1.72 bits per heavy atom. The van der Waals surface area contributed by atoms with Gasteiger partial charge in [0.05, 0.1) is 5.69 Å². The number of nitrogens with zero attached hydrogens (tertiary/aromatic N) is 3. The van der Waals surface area contributed by atoms with Crippen LogP contribution in [0.1, 0.15) is 0 Å². The summed E-state index contributed by atoms with van der Waals surface area (Å²) in [7, 11) is 0. The average molecular weight is 237 g/mol. The quantitative estimate of drug-likeness (QED) is 0.669. The minimum atomic E-state index is 0.437. The number of para-hydroxylation sites is 2. The molecule has 0 aliphatic carbocycles. The van der Waals surface area contributed by atoms with Crippen molar-refractivity contribution in [2.75, 3.05) is 11.1 Å². The summed E-state index contributed by atoms with van der Waals surface area (Å²) in [6.07, 6.45) is 0. The van der Waals surface area contributed by atoms with Crippen molar-refractivity contribution in [2.24, 2.45) is 0 Å². The van der Waals surface area contributed by atoms with Crippen LogP contribution in [-0.2, 0) is 0 Å². The normalized spacial score (nSPS) is 10.4. The molecule has 0 amide bonds. The van der Waals surface area contributed by atoms with Gasteiger partial charge in [-0.3, -0.25) is 0 Å². The van der Waals surface area contributed by atoms with E-state index in [4.69, 9.17) is 5.73 Å². The molecule has 0 bridgehead atoms. The fourth-order valence-electron chi connectivity index (χ4n) is 1.68. The van der Waals surface area contributed by atoms with E-state index < -0.39 is 0 Å². The summed E-state index contributed by atoms with van der Waals surface area (Å²) in [5.74, 6) is 0.437. The molecule has 1 heterocycles. The number of nitrogens with one attached hydrogen (secondary N) is 1. The van der Waals surface area contributed by atoms with Crippen LogP contribution in [0, 0.1) is 0 Å². The first kappa shape index (κ1) is 10.5. The molecule has 0 aliphatic heterocycles. The van der Waals surface area contributed by atoms with Gasteiger partial charge in [0.2, 0.25) is 5.95 Å². The van der Waals surface area contributed by atoms with E-state index in [-0.39, 0.29) is 0 Å². The highest BCUT2D eigenvalue weighted by Crippen LogP contribution is 2.18. The van der Waals surface area contributed by atoms with E-state index >= 15 is 0 Å². The monoisotopic (exact) mass is 237 g/mol. The van der Waals surface area contributed by atoms with Crippen LogP contribution in [0.25, 0.3) is 11.0 Å². The summed E-state index contributed by atoms with van der Waals surface area (Å²) >= 11 is 0. The van der Waals surface area contributed by atoms with Crippen LogP contribution in [0.15, 0.2) is 48.5 Å². The van der Waals surface area contributed by atoms with Crippen LogP contribution in [0.4, 0.5) is 17.3 Å². The Morgan fingerprint density at radius 3 is 2.56 bits per heavy atom. The van der Waals surface area contributed by atoms with Crippen LogP contribution in [0.3, 0.4) is 0 Å². The Bertz CT molecular complexity index is 681.